The molecular weight excluding hydrogens is 355 g/mol. The summed E-state index contributed by atoms with van der Waals surface area (Å²) < 4.78 is 19.3. The van der Waals surface area contributed by atoms with E-state index in [2.05, 4.69) is 5.32 Å². The van der Waals surface area contributed by atoms with Crippen LogP contribution in [0.1, 0.15) is 51.3 Å². The minimum Gasteiger partial charge on any atom is -0.444 e. The molecule has 28 heavy (non-hydrogen) atoms. The standard InChI is InChI=1S/C23H29FN2O2/c1-16(17-8-6-5-7-9-17)26(22(27)28-23(2,3)4)15-20-13-11-18-10-12-19(24)14-21(18)25-20/h5-10,12,14,16,20,25H,11,13,15H2,1-4H3. The highest BCUT2D eigenvalue weighted by molar-refractivity contribution is 5.69. The highest BCUT2D eigenvalue weighted by Gasteiger charge is 2.30. The van der Waals surface area contributed by atoms with Crippen molar-refractivity contribution in [1.82, 2.24) is 4.90 Å². The van der Waals surface area contributed by atoms with Crippen LogP contribution in [0.3, 0.4) is 0 Å². The fourth-order valence-electron chi connectivity index (χ4n) is 3.52. The van der Waals surface area contributed by atoms with Gasteiger partial charge in [-0.1, -0.05) is 36.4 Å². The Kier molecular flexibility index (Phi) is 5.92. The number of benzene rings is 2. The second kappa shape index (κ2) is 8.21. The average Bonchev–Trinajstić information content (AvgIpc) is 2.64. The van der Waals surface area contributed by atoms with Crippen LogP contribution in [-0.4, -0.2) is 29.2 Å². The summed E-state index contributed by atoms with van der Waals surface area (Å²) in [5, 5.41) is 3.40. The van der Waals surface area contributed by atoms with Crippen molar-refractivity contribution >= 4 is 11.8 Å². The molecule has 0 fully saturated rings. The average molecular weight is 384 g/mol. The molecule has 1 aliphatic rings. The second-order valence-electron chi connectivity index (χ2n) is 8.40. The van der Waals surface area contributed by atoms with E-state index in [4.69, 9.17) is 4.74 Å². The van der Waals surface area contributed by atoms with Gasteiger partial charge in [0.05, 0.1) is 6.04 Å². The maximum atomic E-state index is 13.6. The summed E-state index contributed by atoms with van der Waals surface area (Å²) in [4.78, 5) is 14.7. The molecule has 0 aromatic heterocycles. The molecule has 1 amide bonds. The Balaban J connectivity index is 1.80. The number of nitrogens with one attached hydrogen (secondary N) is 1. The van der Waals surface area contributed by atoms with Gasteiger partial charge in [0, 0.05) is 18.3 Å². The first-order chi connectivity index (χ1) is 13.2. The van der Waals surface area contributed by atoms with E-state index in [1.807, 2.05) is 64.1 Å². The Morgan fingerprint density at radius 1 is 1.25 bits per heavy atom. The monoisotopic (exact) mass is 384 g/mol. The Hall–Kier alpha value is -2.56. The summed E-state index contributed by atoms with van der Waals surface area (Å²) >= 11 is 0. The largest absolute Gasteiger partial charge is 0.444 e. The zero-order chi connectivity index (χ0) is 20.3. The first-order valence-electron chi connectivity index (χ1n) is 9.82. The van der Waals surface area contributed by atoms with E-state index >= 15 is 0 Å². The van der Waals surface area contributed by atoms with Crippen molar-refractivity contribution in [2.75, 3.05) is 11.9 Å². The molecule has 0 bridgehead atoms. The topological polar surface area (TPSA) is 41.6 Å². The number of carbonyl (C=O) groups is 1. The number of ether oxygens (including phenoxy) is 1. The molecule has 2 aromatic rings. The second-order valence-corrected chi connectivity index (χ2v) is 8.40. The molecule has 3 rings (SSSR count). The van der Waals surface area contributed by atoms with Crippen molar-refractivity contribution in [3.8, 4) is 0 Å². The van der Waals surface area contributed by atoms with Crippen molar-refractivity contribution in [3.63, 3.8) is 0 Å². The number of halogens is 1. The van der Waals surface area contributed by atoms with Gasteiger partial charge in [-0.15, -0.1) is 0 Å². The lowest BCUT2D eigenvalue weighted by Crippen LogP contribution is -2.45. The maximum Gasteiger partial charge on any atom is 0.410 e. The quantitative estimate of drug-likeness (QED) is 0.751. The van der Waals surface area contributed by atoms with Gasteiger partial charge in [-0.25, -0.2) is 9.18 Å². The summed E-state index contributed by atoms with van der Waals surface area (Å²) in [7, 11) is 0. The molecule has 0 saturated heterocycles. The molecule has 0 radical (unpaired) electrons. The molecule has 4 nitrogen and oxygen atoms in total. The Morgan fingerprint density at radius 2 is 1.96 bits per heavy atom. The van der Waals surface area contributed by atoms with Crippen LogP contribution in [0.4, 0.5) is 14.9 Å². The van der Waals surface area contributed by atoms with Gasteiger partial charge in [0.1, 0.15) is 11.4 Å². The number of carbonyl (C=O) groups excluding carboxylic acids is 1. The predicted molar refractivity (Wildman–Crippen MR) is 110 cm³/mol. The number of anilines is 1. The van der Waals surface area contributed by atoms with E-state index < -0.39 is 5.60 Å². The number of hydrogen-bond acceptors (Lipinski definition) is 3. The van der Waals surface area contributed by atoms with E-state index in [1.165, 1.54) is 12.1 Å². The highest BCUT2D eigenvalue weighted by atomic mass is 19.1. The number of fused-ring (bicyclic) bond motifs is 1. The van der Waals surface area contributed by atoms with Crippen LogP contribution in [-0.2, 0) is 11.2 Å². The Labute approximate surface area is 166 Å². The summed E-state index contributed by atoms with van der Waals surface area (Å²) in [5.41, 5.74) is 2.41. The van der Waals surface area contributed by atoms with E-state index in [1.54, 1.807) is 4.90 Å². The first kappa shape index (κ1) is 20.2. The fourth-order valence-corrected chi connectivity index (χ4v) is 3.52. The maximum absolute atomic E-state index is 13.6. The minimum atomic E-state index is -0.568. The van der Waals surface area contributed by atoms with Crippen molar-refractivity contribution in [2.24, 2.45) is 0 Å². The van der Waals surface area contributed by atoms with Crippen molar-refractivity contribution in [1.29, 1.82) is 0 Å². The summed E-state index contributed by atoms with van der Waals surface area (Å²) in [6.45, 7) is 8.10. The Morgan fingerprint density at radius 3 is 2.64 bits per heavy atom. The first-order valence-corrected chi connectivity index (χ1v) is 9.82. The molecule has 1 N–H and O–H groups in total. The van der Waals surface area contributed by atoms with Crippen LogP contribution in [0.2, 0.25) is 0 Å². The Bertz CT molecular complexity index is 817. The van der Waals surface area contributed by atoms with E-state index in [9.17, 15) is 9.18 Å². The van der Waals surface area contributed by atoms with Gasteiger partial charge >= 0.3 is 6.09 Å². The van der Waals surface area contributed by atoms with Gasteiger partial charge in [-0.3, -0.25) is 4.90 Å². The van der Waals surface area contributed by atoms with Crippen LogP contribution in [0.15, 0.2) is 48.5 Å². The van der Waals surface area contributed by atoms with Crippen molar-refractivity contribution in [3.05, 3.63) is 65.5 Å². The number of rotatable bonds is 4. The molecule has 2 atom stereocenters. The molecule has 1 heterocycles. The molecule has 1 aliphatic heterocycles. The number of hydrogen-bond donors (Lipinski definition) is 1. The normalized spacial score (nSPS) is 17.2. The van der Waals surface area contributed by atoms with Crippen molar-refractivity contribution < 1.29 is 13.9 Å². The third-order valence-electron chi connectivity index (χ3n) is 4.99. The van der Waals surface area contributed by atoms with Crippen LogP contribution < -0.4 is 5.32 Å². The van der Waals surface area contributed by atoms with Crippen LogP contribution in [0.5, 0.6) is 0 Å². The number of nitrogens with zero attached hydrogens (tertiary/aromatic N) is 1. The number of aryl methyl sites for hydroxylation is 1. The molecular formula is C23H29FN2O2. The molecule has 2 unspecified atom stereocenters. The van der Waals surface area contributed by atoms with Crippen molar-refractivity contribution in [2.45, 2.75) is 58.2 Å². The van der Waals surface area contributed by atoms with Crippen LogP contribution in [0, 0.1) is 5.82 Å². The lowest BCUT2D eigenvalue weighted by Gasteiger charge is -2.36. The lowest BCUT2D eigenvalue weighted by atomic mass is 9.97. The van der Waals surface area contributed by atoms with E-state index in [-0.39, 0.29) is 24.0 Å². The highest BCUT2D eigenvalue weighted by Crippen LogP contribution is 2.29. The fraction of sp³-hybridized carbons (Fsp3) is 0.435. The van der Waals surface area contributed by atoms with Gasteiger partial charge in [-0.2, -0.15) is 0 Å². The summed E-state index contributed by atoms with van der Waals surface area (Å²) in [6.07, 6.45) is 1.39. The molecule has 0 saturated carbocycles. The number of amides is 1. The zero-order valence-corrected chi connectivity index (χ0v) is 17.0. The van der Waals surface area contributed by atoms with Crippen LogP contribution >= 0.6 is 0 Å². The van der Waals surface area contributed by atoms with Gasteiger partial charge in [0.15, 0.2) is 0 Å². The van der Waals surface area contributed by atoms with Gasteiger partial charge in [0.2, 0.25) is 0 Å². The van der Waals surface area contributed by atoms with E-state index in [0.717, 1.165) is 29.7 Å². The molecule has 0 aliphatic carbocycles. The SMILES string of the molecule is CC(c1ccccc1)N(CC1CCc2ccc(F)cc2N1)C(=O)OC(C)(C)C. The predicted octanol–water partition coefficient (Wildman–Crippen LogP) is 5.55. The minimum absolute atomic E-state index is 0.0352. The molecule has 2 aromatic carbocycles. The molecule has 0 spiro atoms. The van der Waals surface area contributed by atoms with Gasteiger partial charge in [-0.05, 0) is 63.8 Å². The summed E-state index contributed by atoms with van der Waals surface area (Å²) in [5.74, 6) is -0.256. The smallest absolute Gasteiger partial charge is 0.410 e. The van der Waals surface area contributed by atoms with E-state index in [0.29, 0.717) is 6.54 Å². The molecule has 5 heteroatoms. The van der Waals surface area contributed by atoms with Gasteiger partial charge in [0.25, 0.3) is 0 Å². The third-order valence-corrected chi connectivity index (χ3v) is 4.99. The van der Waals surface area contributed by atoms with Gasteiger partial charge < -0.3 is 10.1 Å². The lowest BCUT2D eigenvalue weighted by molar-refractivity contribution is 0.0162. The van der Waals surface area contributed by atoms with Crippen LogP contribution in [0.25, 0.3) is 0 Å². The third kappa shape index (κ3) is 5.03. The molecule has 150 valence electrons. The zero-order valence-electron chi connectivity index (χ0n) is 17.0. The summed E-state index contributed by atoms with van der Waals surface area (Å²) in [6, 6.07) is 14.7.